The van der Waals surface area contributed by atoms with Gasteiger partial charge in [0.15, 0.2) is 0 Å². The van der Waals surface area contributed by atoms with Crippen LogP contribution in [0.1, 0.15) is 17.1 Å². The number of nitrogens with two attached hydrogens (primary N) is 1. The van der Waals surface area contributed by atoms with Gasteiger partial charge in [-0.2, -0.15) is 5.10 Å². The van der Waals surface area contributed by atoms with Crippen LogP contribution in [0.5, 0.6) is 0 Å². The second-order valence-corrected chi connectivity index (χ2v) is 8.47. The zero-order chi connectivity index (χ0) is 25.2. The number of rotatable bonds is 8. The predicted octanol–water partition coefficient (Wildman–Crippen LogP) is 3.95. The molecule has 0 atom stereocenters. The van der Waals surface area contributed by atoms with Crippen LogP contribution in [-0.2, 0) is 24.8 Å². The molecule has 5 rings (SSSR count). The molecule has 2 aromatic heterocycles. The number of nitrogen functional groups attached to an aromatic ring is 1. The van der Waals surface area contributed by atoms with E-state index in [1.54, 1.807) is 16.8 Å². The monoisotopic (exact) mass is 479 g/mol. The van der Waals surface area contributed by atoms with Crippen molar-refractivity contribution in [3.8, 4) is 16.9 Å². The Hall–Kier alpha value is -4.92. The molecule has 0 spiro atoms. The average molecular weight is 480 g/mol. The van der Waals surface area contributed by atoms with Gasteiger partial charge < -0.3 is 20.7 Å². The van der Waals surface area contributed by atoms with E-state index in [1.807, 2.05) is 78.3 Å². The first kappa shape index (κ1) is 22.9. The van der Waals surface area contributed by atoms with Crippen molar-refractivity contribution in [1.29, 1.82) is 5.41 Å². The summed E-state index contributed by atoms with van der Waals surface area (Å²) < 4.78 is 3.81. The number of carboxylic acid groups (broad SMARTS) is 1. The Morgan fingerprint density at radius 2 is 1.81 bits per heavy atom. The van der Waals surface area contributed by atoms with Crippen molar-refractivity contribution in [2.75, 3.05) is 5.32 Å². The molecule has 36 heavy (non-hydrogen) atoms. The van der Waals surface area contributed by atoms with Gasteiger partial charge in [0.2, 0.25) is 0 Å². The van der Waals surface area contributed by atoms with Gasteiger partial charge in [-0.3, -0.25) is 10.2 Å². The Balaban J connectivity index is 1.46. The Morgan fingerprint density at radius 3 is 2.50 bits per heavy atom. The second kappa shape index (κ2) is 9.38. The summed E-state index contributed by atoms with van der Waals surface area (Å²) in [6.07, 6.45) is -0.151. The van der Waals surface area contributed by atoms with Crippen molar-refractivity contribution in [2.45, 2.75) is 13.0 Å². The third-order valence-corrected chi connectivity index (χ3v) is 6.01. The second-order valence-electron chi connectivity index (χ2n) is 8.47. The number of hydrogen-bond donors (Lipinski definition) is 4. The highest BCUT2D eigenvalue weighted by atomic mass is 16.4. The highest BCUT2D eigenvalue weighted by Crippen LogP contribution is 2.27. The first-order valence-electron chi connectivity index (χ1n) is 11.4. The van der Waals surface area contributed by atoms with Crippen molar-refractivity contribution in [3.05, 3.63) is 95.9 Å². The number of anilines is 1. The molecule has 0 saturated carbocycles. The number of fused-ring (bicyclic) bond motifs is 1. The maximum Gasteiger partial charge on any atom is 0.309 e. The summed E-state index contributed by atoms with van der Waals surface area (Å²) >= 11 is 0. The third kappa shape index (κ3) is 4.54. The zero-order valence-electron chi connectivity index (χ0n) is 19.6. The van der Waals surface area contributed by atoms with Gasteiger partial charge in [0.05, 0.1) is 41.1 Å². The predicted molar refractivity (Wildman–Crippen MR) is 139 cm³/mol. The molecule has 0 radical (unpaired) electrons. The smallest absolute Gasteiger partial charge is 0.309 e. The van der Waals surface area contributed by atoms with E-state index in [0.29, 0.717) is 17.8 Å². The Bertz CT molecular complexity index is 1570. The van der Waals surface area contributed by atoms with Gasteiger partial charge in [0, 0.05) is 23.9 Å². The summed E-state index contributed by atoms with van der Waals surface area (Å²) in [5.74, 6) is -0.0315. The van der Waals surface area contributed by atoms with Crippen LogP contribution in [-0.4, -0.2) is 36.2 Å². The maximum atomic E-state index is 11.3. The number of carbonyl (C=O) groups is 1. The number of amidine groups is 1. The molecule has 0 saturated heterocycles. The lowest BCUT2D eigenvalue weighted by molar-refractivity contribution is -0.136. The number of aromatic nitrogens is 4. The summed E-state index contributed by atoms with van der Waals surface area (Å²) in [7, 11) is 1.97. The molecule has 0 fully saturated rings. The van der Waals surface area contributed by atoms with Crippen LogP contribution >= 0.6 is 0 Å². The third-order valence-electron chi connectivity index (χ3n) is 6.01. The van der Waals surface area contributed by atoms with E-state index in [1.165, 1.54) is 0 Å². The van der Waals surface area contributed by atoms with Crippen molar-refractivity contribution < 1.29 is 9.90 Å². The quantitative estimate of drug-likeness (QED) is 0.197. The average Bonchev–Trinajstić information content (AvgIpc) is 3.43. The Morgan fingerprint density at radius 1 is 1.06 bits per heavy atom. The van der Waals surface area contributed by atoms with E-state index >= 15 is 0 Å². The number of benzene rings is 3. The summed E-state index contributed by atoms with van der Waals surface area (Å²) in [5, 5.41) is 24.7. The summed E-state index contributed by atoms with van der Waals surface area (Å²) in [6.45, 7) is 0.514. The summed E-state index contributed by atoms with van der Waals surface area (Å²) in [6, 6.07) is 24.9. The van der Waals surface area contributed by atoms with Gasteiger partial charge in [0.1, 0.15) is 11.7 Å². The highest BCUT2D eigenvalue weighted by Gasteiger charge is 2.16. The van der Waals surface area contributed by atoms with E-state index in [-0.39, 0.29) is 12.3 Å². The molecule has 0 aliphatic heterocycles. The molecule has 2 heterocycles. The number of aryl methyl sites for hydroxylation is 1. The molecular weight excluding hydrogens is 454 g/mol. The standard InChI is InChI=1S/C27H25N7O2/c1-33-23-12-11-21(34-24(17-5-3-2-4-6-17)13-20(32-34)14-26(35)36)15-22(23)31-25(33)16-30-19-9-7-18(8-10-19)27(28)29/h2-13,15,30H,14,16H2,1H3,(H3,28,29)(H,35,36). The van der Waals surface area contributed by atoms with Crippen LogP contribution < -0.4 is 11.1 Å². The number of nitrogens with zero attached hydrogens (tertiary/aromatic N) is 4. The van der Waals surface area contributed by atoms with E-state index in [9.17, 15) is 9.90 Å². The van der Waals surface area contributed by atoms with Gasteiger partial charge >= 0.3 is 5.97 Å². The van der Waals surface area contributed by atoms with Gasteiger partial charge in [-0.15, -0.1) is 0 Å². The number of nitrogens with one attached hydrogen (secondary N) is 2. The van der Waals surface area contributed by atoms with E-state index < -0.39 is 5.97 Å². The van der Waals surface area contributed by atoms with E-state index in [4.69, 9.17) is 16.1 Å². The van der Waals surface area contributed by atoms with Crippen molar-refractivity contribution in [3.63, 3.8) is 0 Å². The zero-order valence-corrected chi connectivity index (χ0v) is 19.6. The van der Waals surface area contributed by atoms with Gasteiger partial charge in [0.25, 0.3) is 0 Å². The molecule has 0 bridgehead atoms. The van der Waals surface area contributed by atoms with Gasteiger partial charge in [-0.05, 0) is 48.5 Å². The minimum atomic E-state index is -0.924. The summed E-state index contributed by atoms with van der Waals surface area (Å²) in [4.78, 5) is 16.1. The molecular formula is C27H25N7O2. The SMILES string of the molecule is Cn1c(CNc2ccc(C(=N)N)cc2)nc2cc(-n3nc(CC(=O)O)cc3-c3ccccc3)ccc21. The molecule has 0 aliphatic rings. The van der Waals surface area contributed by atoms with Gasteiger partial charge in [-0.1, -0.05) is 30.3 Å². The molecule has 0 aliphatic carbocycles. The first-order chi connectivity index (χ1) is 17.4. The fourth-order valence-corrected chi connectivity index (χ4v) is 4.16. The highest BCUT2D eigenvalue weighted by molar-refractivity contribution is 5.95. The van der Waals surface area contributed by atoms with Crippen LogP contribution in [0.4, 0.5) is 5.69 Å². The lowest BCUT2D eigenvalue weighted by Crippen LogP contribution is -2.11. The maximum absolute atomic E-state index is 11.3. The van der Waals surface area contributed by atoms with Crippen LogP contribution in [0.2, 0.25) is 0 Å². The van der Waals surface area contributed by atoms with Gasteiger partial charge in [-0.25, -0.2) is 9.67 Å². The Labute approximate surface area is 207 Å². The largest absolute Gasteiger partial charge is 0.481 e. The minimum absolute atomic E-state index is 0.0374. The van der Waals surface area contributed by atoms with Crippen LogP contribution in [0, 0.1) is 5.41 Å². The fourth-order valence-electron chi connectivity index (χ4n) is 4.16. The number of carboxylic acids is 1. The number of imidazole rings is 1. The van der Waals surface area contributed by atoms with E-state index in [2.05, 4.69) is 10.4 Å². The molecule has 180 valence electrons. The molecule has 5 N–H and O–H groups in total. The molecule has 3 aromatic carbocycles. The first-order valence-corrected chi connectivity index (χ1v) is 11.4. The molecule has 0 unspecified atom stereocenters. The Kier molecular flexibility index (Phi) is 5.95. The van der Waals surface area contributed by atoms with Crippen molar-refractivity contribution in [2.24, 2.45) is 12.8 Å². The number of aliphatic carboxylic acids is 1. The van der Waals surface area contributed by atoms with E-state index in [0.717, 1.165) is 39.5 Å². The molecule has 9 heteroatoms. The van der Waals surface area contributed by atoms with Crippen LogP contribution in [0.25, 0.3) is 28.0 Å². The lowest BCUT2D eigenvalue weighted by atomic mass is 10.1. The van der Waals surface area contributed by atoms with Crippen LogP contribution in [0.15, 0.2) is 78.9 Å². The minimum Gasteiger partial charge on any atom is -0.481 e. The molecule has 5 aromatic rings. The normalized spacial score (nSPS) is 11.0. The molecule has 9 nitrogen and oxygen atoms in total. The lowest BCUT2D eigenvalue weighted by Gasteiger charge is -2.08. The van der Waals surface area contributed by atoms with Crippen molar-refractivity contribution >= 4 is 28.5 Å². The molecule has 0 amide bonds. The fraction of sp³-hybridized carbons (Fsp3) is 0.111. The van der Waals surface area contributed by atoms with Crippen LogP contribution in [0.3, 0.4) is 0 Å². The topological polar surface area (TPSA) is 135 Å². The number of hydrogen-bond acceptors (Lipinski definition) is 5. The summed E-state index contributed by atoms with van der Waals surface area (Å²) in [5.41, 5.74) is 12.0. The van der Waals surface area contributed by atoms with Crippen molar-refractivity contribution in [1.82, 2.24) is 19.3 Å².